The fraction of sp³-hybridized carbons (Fsp3) is 0.581. The lowest BCUT2D eigenvalue weighted by molar-refractivity contribution is -0.145. The van der Waals surface area contributed by atoms with Crippen LogP contribution in [0.4, 0.5) is 13.2 Å². The SMILES string of the molecule is CCCCCN1CCCC(c2cc(-c3ccc(C(F)(F)F)cc3)cc(C(CC(C)C)C(=O)OCC)c2)C1. The summed E-state index contributed by atoms with van der Waals surface area (Å²) in [5.74, 6) is -0.0318. The van der Waals surface area contributed by atoms with Crippen molar-refractivity contribution in [2.75, 3.05) is 26.2 Å². The molecule has 1 aliphatic rings. The number of hydrogen-bond acceptors (Lipinski definition) is 3. The Morgan fingerprint density at radius 2 is 1.78 bits per heavy atom. The molecule has 1 saturated heterocycles. The van der Waals surface area contributed by atoms with Crippen LogP contribution in [0.15, 0.2) is 42.5 Å². The first-order valence-electron chi connectivity index (χ1n) is 13.8. The summed E-state index contributed by atoms with van der Waals surface area (Å²) < 4.78 is 45.0. The number of piperidine rings is 1. The molecule has 0 bridgehead atoms. The molecule has 1 heterocycles. The van der Waals surface area contributed by atoms with Gasteiger partial charge in [-0.15, -0.1) is 0 Å². The molecule has 3 nitrogen and oxygen atoms in total. The zero-order chi connectivity index (χ0) is 27.0. The number of ether oxygens (including phenoxy) is 1. The predicted octanol–water partition coefficient (Wildman–Crippen LogP) is 8.43. The van der Waals surface area contributed by atoms with Gasteiger partial charge in [0, 0.05) is 6.54 Å². The lowest BCUT2D eigenvalue weighted by Gasteiger charge is -2.33. The van der Waals surface area contributed by atoms with Gasteiger partial charge in [0.25, 0.3) is 0 Å². The maximum atomic E-state index is 13.2. The Labute approximate surface area is 220 Å². The second-order valence-electron chi connectivity index (χ2n) is 10.7. The molecule has 1 fully saturated rings. The molecule has 0 radical (unpaired) electrons. The van der Waals surface area contributed by atoms with E-state index in [4.69, 9.17) is 4.74 Å². The van der Waals surface area contributed by atoms with Gasteiger partial charge in [0.2, 0.25) is 0 Å². The Balaban J connectivity index is 2.01. The second-order valence-corrected chi connectivity index (χ2v) is 10.7. The first-order chi connectivity index (χ1) is 17.6. The molecular formula is C31H42F3NO2. The molecular weight excluding hydrogens is 475 g/mol. The molecule has 0 aromatic heterocycles. The van der Waals surface area contributed by atoms with Gasteiger partial charge >= 0.3 is 12.1 Å². The van der Waals surface area contributed by atoms with Crippen molar-refractivity contribution in [3.05, 3.63) is 59.2 Å². The van der Waals surface area contributed by atoms with Gasteiger partial charge in [-0.05, 0) is 91.9 Å². The molecule has 0 spiro atoms. The van der Waals surface area contributed by atoms with Gasteiger partial charge in [-0.1, -0.05) is 63.9 Å². The largest absolute Gasteiger partial charge is 0.466 e. The smallest absolute Gasteiger partial charge is 0.416 e. The highest BCUT2D eigenvalue weighted by molar-refractivity contribution is 5.79. The molecule has 1 aliphatic heterocycles. The van der Waals surface area contributed by atoms with Crippen molar-refractivity contribution in [3.8, 4) is 11.1 Å². The molecule has 2 aromatic rings. The number of esters is 1. The minimum absolute atomic E-state index is 0.239. The van der Waals surface area contributed by atoms with Crippen molar-refractivity contribution in [2.24, 2.45) is 5.92 Å². The molecule has 2 aromatic carbocycles. The lowest BCUT2D eigenvalue weighted by atomic mass is 9.83. The molecule has 6 heteroatoms. The molecule has 2 unspecified atom stereocenters. The fourth-order valence-electron chi connectivity index (χ4n) is 5.33. The van der Waals surface area contributed by atoms with E-state index in [-0.39, 0.29) is 11.9 Å². The van der Waals surface area contributed by atoms with Crippen LogP contribution in [-0.4, -0.2) is 37.1 Å². The zero-order valence-electron chi connectivity index (χ0n) is 22.7. The number of halogens is 3. The Hall–Kier alpha value is -2.34. The van der Waals surface area contributed by atoms with E-state index in [0.29, 0.717) is 18.9 Å². The molecule has 204 valence electrons. The number of benzene rings is 2. The first kappa shape index (κ1) is 29.2. The van der Waals surface area contributed by atoms with Crippen molar-refractivity contribution in [3.63, 3.8) is 0 Å². The van der Waals surface area contributed by atoms with Crippen LogP contribution < -0.4 is 0 Å². The number of carbonyl (C=O) groups is 1. The van der Waals surface area contributed by atoms with Gasteiger partial charge in [-0.2, -0.15) is 13.2 Å². The fourth-order valence-corrected chi connectivity index (χ4v) is 5.33. The Morgan fingerprint density at radius 3 is 2.41 bits per heavy atom. The monoisotopic (exact) mass is 517 g/mol. The average molecular weight is 518 g/mol. The van der Waals surface area contributed by atoms with Crippen molar-refractivity contribution < 1.29 is 22.7 Å². The van der Waals surface area contributed by atoms with Crippen LogP contribution >= 0.6 is 0 Å². The van der Waals surface area contributed by atoms with E-state index in [9.17, 15) is 18.0 Å². The van der Waals surface area contributed by atoms with Gasteiger partial charge in [-0.25, -0.2) is 0 Å². The second kappa shape index (κ2) is 13.5. The van der Waals surface area contributed by atoms with Crippen LogP contribution in [-0.2, 0) is 15.7 Å². The van der Waals surface area contributed by atoms with E-state index in [0.717, 1.165) is 66.9 Å². The van der Waals surface area contributed by atoms with E-state index in [1.54, 1.807) is 0 Å². The topological polar surface area (TPSA) is 29.5 Å². The van der Waals surface area contributed by atoms with Crippen LogP contribution in [0.3, 0.4) is 0 Å². The average Bonchev–Trinajstić information content (AvgIpc) is 2.87. The summed E-state index contributed by atoms with van der Waals surface area (Å²) >= 11 is 0. The Bertz CT molecular complexity index is 1000. The summed E-state index contributed by atoms with van der Waals surface area (Å²) in [4.78, 5) is 15.5. The Kier molecular flexibility index (Phi) is 10.6. The van der Waals surface area contributed by atoms with E-state index in [2.05, 4.69) is 37.8 Å². The Morgan fingerprint density at radius 1 is 1.05 bits per heavy atom. The number of nitrogens with zero attached hydrogens (tertiary/aromatic N) is 1. The highest BCUT2D eigenvalue weighted by atomic mass is 19.4. The molecule has 2 atom stereocenters. The van der Waals surface area contributed by atoms with Gasteiger partial charge in [0.1, 0.15) is 0 Å². The first-order valence-corrected chi connectivity index (χ1v) is 13.8. The highest BCUT2D eigenvalue weighted by Crippen LogP contribution is 2.37. The number of likely N-dealkylation sites (tertiary alicyclic amines) is 1. The maximum Gasteiger partial charge on any atom is 0.416 e. The van der Waals surface area contributed by atoms with Crippen LogP contribution in [0.2, 0.25) is 0 Å². The van der Waals surface area contributed by atoms with Crippen LogP contribution in [0.1, 0.15) is 94.7 Å². The summed E-state index contributed by atoms with van der Waals surface area (Å²) in [6, 6.07) is 11.6. The minimum atomic E-state index is -4.37. The summed E-state index contributed by atoms with van der Waals surface area (Å²) in [5.41, 5.74) is 2.96. The summed E-state index contributed by atoms with van der Waals surface area (Å²) in [6.07, 6.45) is 2.08. The number of alkyl halides is 3. The quantitative estimate of drug-likeness (QED) is 0.221. The zero-order valence-corrected chi connectivity index (χ0v) is 22.7. The third-order valence-corrected chi connectivity index (χ3v) is 7.26. The molecule has 0 saturated carbocycles. The number of hydrogen-bond donors (Lipinski definition) is 0. The maximum absolute atomic E-state index is 13.2. The number of carbonyl (C=O) groups excluding carboxylic acids is 1. The number of rotatable bonds is 11. The van der Waals surface area contributed by atoms with Crippen LogP contribution in [0.5, 0.6) is 0 Å². The molecule has 0 amide bonds. The molecule has 0 aliphatic carbocycles. The highest BCUT2D eigenvalue weighted by Gasteiger charge is 2.30. The summed E-state index contributed by atoms with van der Waals surface area (Å²) in [7, 11) is 0. The molecule has 0 N–H and O–H groups in total. The molecule has 3 rings (SSSR count). The normalized spacial score (nSPS) is 17.7. The van der Waals surface area contributed by atoms with Crippen molar-refractivity contribution in [1.82, 2.24) is 4.90 Å². The lowest BCUT2D eigenvalue weighted by Crippen LogP contribution is -2.35. The van der Waals surface area contributed by atoms with Crippen molar-refractivity contribution >= 4 is 5.97 Å². The van der Waals surface area contributed by atoms with Crippen molar-refractivity contribution in [2.45, 2.75) is 84.2 Å². The van der Waals surface area contributed by atoms with Gasteiger partial charge in [0.15, 0.2) is 0 Å². The van der Waals surface area contributed by atoms with E-state index in [1.807, 2.05) is 13.0 Å². The van der Waals surface area contributed by atoms with Crippen molar-refractivity contribution in [1.29, 1.82) is 0 Å². The summed E-state index contributed by atoms with van der Waals surface area (Å²) in [5, 5.41) is 0. The summed E-state index contributed by atoms with van der Waals surface area (Å²) in [6.45, 7) is 11.7. The number of unbranched alkanes of at least 4 members (excludes halogenated alkanes) is 2. The van der Waals surface area contributed by atoms with Crippen LogP contribution in [0.25, 0.3) is 11.1 Å². The van der Waals surface area contributed by atoms with E-state index in [1.165, 1.54) is 31.4 Å². The third-order valence-electron chi connectivity index (χ3n) is 7.26. The van der Waals surface area contributed by atoms with E-state index >= 15 is 0 Å². The standard InChI is InChI=1S/C31H42F3NO2/c1-5-7-8-15-35-16-9-10-24(21-35)26-18-25(23-11-13-28(14-12-23)31(32,33)34)19-27(20-26)29(17-22(3)4)30(36)37-6-2/h11-14,18-20,22,24,29H,5-10,15-17,21H2,1-4H3. The van der Waals surface area contributed by atoms with Crippen LogP contribution in [0, 0.1) is 5.92 Å². The predicted molar refractivity (Wildman–Crippen MR) is 144 cm³/mol. The van der Waals surface area contributed by atoms with E-state index < -0.39 is 17.7 Å². The minimum Gasteiger partial charge on any atom is -0.466 e. The molecule has 37 heavy (non-hydrogen) atoms. The van der Waals surface area contributed by atoms with Gasteiger partial charge < -0.3 is 9.64 Å². The van der Waals surface area contributed by atoms with Gasteiger partial charge in [0.05, 0.1) is 18.1 Å². The third kappa shape index (κ3) is 8.33. The van der Waals surface area contributed by atoms with Gasteiger partial charge in [-0.3, -0.25) is 4.79 Å².